The van der Waals surface area contributed by atoms with Crippen molar-refractivity contribution in [2.75, 3.05) is 11.1 Å². The molecule has 0 fully saturated rings. The lowest BCUT2D eigenvalue weighted by Gasteiger charge is -2.08. The Kier molecular flexibility index (Phi) is 4.01. The maximum absolute atomic E-state index is 12.9. The molecule has 2 aromatic rings. The summed E-state index contributed by atoms with van der Waals surface area (Å²) in [4.78, 5) is 15.9. The van der Waals surface area contributed by atoms with Crippen molar-refractivity contribution < 1.29 is 9.18 Å². The summed E-state index contributed by atoms with van der Waals surface area (Å²) < 4.78 is 13.3. The average molecular weight is 345 g/mol. The van der Waals surface area contributed by atoms with Gasteiger partial charge in [-0.3, -0.25) is 4.79 Å². The fourth-order valence-electron chi connectivity index (χ4n) is 1.39. The highest BCUT2D eigenvalue weighted by molar-refractivity contribution is 9.10. The molecule has 98 valence electrons. The van der Waals surface area contributed by atoms with E-state index in [4.69, 9.17) is 17.3 Å². The monoisotopic (exact) mass is 343 g/mol. The first-order valence-electron chi connectivity index (χ1n) is 5.16. The second-order valence-corrected chi connectivity index (χ2v) is 4.91. The van der Waals surface area contributed by atoms with Gasteiger partial charge in [-0.15, -0.1) is 0 Å². The van der Waals surface area contributed by atoms with Crippen LogP contribution < -0.4 is 11.1 Å². The molecule has 0 radical (unpaired) electrons. The van der Waals surface area contributed by atoms with Crippen molar-refractivity contribution in [1.29, 1.82) is 0 Å². The number of halogens is 3. The topological polar surface area (TPSA) is 68.0 Å². The molecule has 7 heteroatoms. The summed E-state index contributed by atoms with van der Waals surface area (Å²) >= 11 is 9.02. The van der Waals surface area contributed by atoms with Gasteiger partial charge in [0.05, 0.1) is 10.7 Å². The minimum Gasteiger partial charge on any atom is -0.384 e. The van der Waals surface area contributed by atoms with Crippen molar-refractivity contribution in [3.63, 3.8) is 0 Å². The smallest absolute Gasteiger partial charge is 0.275 e. The first-order valence-corrected chi connectivity index (χ1v) is 6.33. The number of nitrogens with zero attached hydrogens (tertiary/aromatic N) is 1. The lowest BCUT2D eigenvalue weighted by atomic mass is 10.3. The van der Waals surface area contributed by atoms with Crippen molar-refractivity contribution in [3.05, 3.63) is 51.3 Å². The number of anilines is 2. The van der Waals surface area contributed by atoms with E-state index in [1.165, 1.54) is 30.3 Å². The predicted octanol–water partition coefficient (Wildman–Crippen LogP) is 3.47. The molecule has 1 amide bonds. The lowest BCUT2D eigenvalue weighted by Crippen LogP contribution is -2.15. The average Bonchev–Trinajstić information content (AvgIpc) is 2.35. The van der Waals surface area contributed by atoms with Gasteiger partial charge in [0.15, 0.2) is 0 Å². The van der Waals surface area contributed by atoms with Crippen LogP contribution in [-0.2, 0) is 0 Å². The third-order valence-corrected chi connectivity index (χ3v) is 3.22. The number of amides is 1. The van der Waals surface area contributed by atoms with E-state index in [1.54, 1.807) is 0 Å². The van der Waals surface area contributed by atoms with Crippen LogP contribution >= 0.6 is 27.5 Å². The number of benzene rings is 1. The van der Waals surface area contributed by atoms with Gasteiger partial charge in [-0.05, 0) is 46.3 Å². The third-order valence-electron chi connectivity index (χ3n) is 2.26. The summed E-state index contributed by atoms with van der Waals surface area (Å²) in [7, 11) is 0. The summed E-state index contributed by atoms with van der Waals surface area (Å²) in [5.41, 5.74) is 5.92. The zero-order valence-electron chi connectivity index (χ0n) is 9.45. The quantitative estimate of drug-likeness (QED) is 0.876. The van der Waals surface area contributed by atoms with Crippen LogP contribution in [0.15, 0.2) is 34.8 Å². The molecule has 1 aromatic heterocycles. The molecule has 0 unspecified atom stereocenters. The maximum Gasteiger partial charge on any atom is 0.275 e. The van der Waals surface area contributed by atoms with E-state index in [0.717, 1.165) is 0 Å². The number of carbonyl (C=O) groups excluding carboxylic acids is 1. The zero-order chi connectivity index (χ0) is 14.0. The normalized spacial score (nSPS) is 10.3. The zero-order valence-corrected chi connectivity index (χ0v) is 11.8. The summed E-state index contributed by atoms with van der Waals surface area (Å²) in [5.74, 6) is -0.748. The Hall–Kier alpha value is -1.66. The van der Waals surface area contributed by atoms with E-state index in [9.17, 15) is 9.18 Å². The second kappa shape index (κ2) is 5.54. The highest BCUT2D eigenvalue weighted by Gasteiger charge is 2.14. The minimum atomic E-state index is -0.524. The van der Waals surface area contributed by atoms with E-state index in [0.29, 0.717) is 10.2 Å². The summed E-state index contributed by atoms with van der Waals surface area (Å²) in [5, 5.41) is 2.75. The van der Waals surface area contributed by atoms with Crippen LogP contribution in [-0.4, -0.2) is 10.9 Å². The van der Waals surface area contributed by atoms with Crippen molar-refractivity contribution in [3.8, 4) is 0 Å². The fourth-order valence-corrected chi connectivity index (χ4v) is 2.03. The highest BCUT2D eigenvalue weighted by atomic mass is 79.9. The highest BCUT2D eigenvalue weighted by Crippen LogP contribution is 2.24. The second-order valence-electron chi connectivity index (χ2n) is 3.64. The van der Waals surface area contributed by atoms with Crippen molar-refractivity contribution in [2.45, 2.75) is 0 Å². The maximum atomic E-state index is 12.9. The Bertz CT molecular complexity index is 651. The molecule has 0 bridgehead atoms. The van der Waals surface area contributed by atoms with E-state index in [2.05, 4.69) is 26.2 Å². The van der Waals surface area contributed by atoms with E-state index >= 15 is 0 Å². The van der Waals surface area contributed by atoms with Crippen LogP contribution in [0.3, 0.4) is 0 Å². The SMILES string of the molecule is Nc1ccc(Cl)c(C(=O)Nc2ccc(F)cc2Br)n1. The van der Waals surface area contributed by atoms with Crippen LogP contribution in [0.1, 0.15) is 10.5 Å². The number of nitrogens with one attached hydrogen (secondary N) is 1. The number of pyridine rings is 1. The molecule has 3 N–H and O–H groups in total. The number of aromatic nitrogens is 1. The Balaban J connectivity index is 2.28. The molecular weight excluding hydrogens is 337 g/mol. The number of nitrogens with two attached hydrogens (primary N) is 1. The van der Waals surface area contributed by atoms with Gasteiger partial charge in [0.1, 0.15) is 17.3 Å². The summed E-state index contributed by atoms with van der Waals surface area (Å²) in [6.07, 6.45) is 0. The van der Waals surface area contributed by atoms with Crippen molar-refractivity contribution in [2.24, 2.45) is 0 Å². The number of nitrogen functional groups attached to an aromatic ring is 1. The van der Waals surface area contributed by atoms with Crippen LogP contribution in [0.4, 0.5) is 15.9 Å². The van der Waals surface area contributed by atoms with E-state index in [1.807, 2.05) is 0 Å². The molecule has 1 aromatic carbocycles. The van der Waals surface area contributed by atoms with Gasteiger partial charge in [0.2, 0.25) is 0 Å². The Morgan fingerprint density at radius 1 is 1.37 bits per heavy atom. The van der Waals surface area contributed by atoms with Gasteiger partial charge in [-0.2, -0.15) is 0 Å². The van der Waals surface area contributed by atoms with Crippen LogP contribution in [0.2, 0.25) is 5.02 Å². The van der Waals surface area contributed by atoms with Crippen molar-refractivity contribution >= 4 is 44.9 Å². The number of rotatable bonds is 2. The van der Waals surface area contributed by atoms with Gasteiger partial charge in [-0.25, -0.2) is 9.37 Å². The predicted molar refractivity (Wildman–Crippen MR) is 75.7 cm³/mol. The number of carbonyl (C=O) groups is 1. The summed E-state index contributed by atoms with van der Waals surface area (Å²) in [6, 6.07) is 6.88. The molecule has 0 saturated heterocycles. The van der Waals surface area contributed by atoms with Crippen molar-refractivity contribution in [1.82, 2.24) is 4.98 Å². The Labute approximate surface area is 121 Å². The van der Waals surface area contributed by atoms with Crippen LogP contribution in [0.5, 0.6) is 0 Å². The van der Waals surface area contributed by atoms with E-state index in [-0.39, 0.29) is 16.5 Å². The third kappa shape index (κ3) is 3.21. The Morgan fingerprint density at radius 3 is 2.79 bits per heavy atom. The molecule has 0 aliphatic heterocycles. The molecule has 0 atom stereocenters. The number of hydrogen-bond acceptors (Lipinski definition) is 3. The lowest BCUT2D eigenvalue weighted by molar-refractivity contribution is 0.102. The van der Waals surface area contributed by atoms with Crippen LogP contribution in [0, 0.1) is 5.82 Å². The first kappa shape index (κ1) is 13.8. The Morgan fingerprint density at radius 2 is 2.11 bits per heavy atom. The summed E-state index contributed by atoms with van der Waals surface area (Å²) in [6.45, 7) is 0. The molecule has 0 aliphatic rings. The van der Waals surface area contributed by atoms with Gasteiger partial charge < -0.3 is 11.1 Å². The molecule has 19 heavy (non-hydrogen) atoms. The molecule has 0 spiro atoms. The van der Waals surface area contributed by atoms with Gasteiger partial charge in [-0.1, -0.05) is 11.6 Å². The molecule has 0 saturated carbocycles. The first-order chi connectivity index (χ1) is 8.97. The van der Waals surface area contributed by atoms with Gasteiger partial charge >= 0.3 is 0 Å². The largest absolute Gasteiger partial charge is 0.384 e. The molecule has 0 aliphatic carbocycles. The minimum absolute atomic E-state index is 0.0119. The van der Waals surface area contributed by atoms with Gasteiger partial charge in [0, 0.05) is 4.47 Å². The van der Waals surface area contributed by atoms with E-state index < -0.39 is 11.7 Å². The molecule has 1 heterocycles. The van der Waals surface area contributed by atoms with Crippen LogP contribution in [0.25, 0.3) is 0 Å². The fraction of sp³-hybridized carbons (Fsp3) is 0. The number of hydrogen-bond donors (Lipinski definition) is 2. The standard InChI is InChI=1S/C12H8BrClFN3O/c13-7-5-6(15)1-3-9(7)17-12(19)11-8(14)2-4-10(16)18-11/h1-5H,(H2,16,18)(H,17,19). The molecule has 2 rings (SSSR count). The van der Waals surface area contributed by atoms with Gasteiger partial charge in [0.25, 0.3) is 5.91 Å². The molecular formula is C12H8BrClFN3O. The molecule has 4 nitrogen and oxygen atoms in total.